The smallest absolute Gasteiger partial charge is 0.286 e. The molecule has 0 unspecified atom stereocenters. The Morgan fingerprint density at radius 3 is 2.65 bits per heavy atom. The van der Waals surface area contributed by atoms with Crippen LogP contribution in [0.25, 0.3) is 10.8 Å². The second kappa shape index (κ2) is 6.29. The normalized spacial score (nSPS) is 10.7. The van der Waals surface area contributed by atoms with Gasteiger partial charge in [-0.3, -0.25) is 15.0 Å². The molecule has 0 saturated heterocycles. The number of nitrogens with one attached hydrogen (secondary N) is 1. The molecule has 3 N–H and O–H groups in total. The molecule has 0 aliphatic heterocycles. The summed E-state index contributed by atoms with van der Waals surface area (Å²) in [6.07, 6.45) is 2.92. The average molecular weight is 274 g/mol. The summed E-state index contributed by atoms with van der Waals surface area (Å²) in [7, 11) is 0. The van der Waals surface area contributed by atoms with Crippen LogP contribution in [0.3, 0.4) is 0 Å². The Morgan fingerprint density at radius 1 is 1.30 bits per heavy atom. The number of carbonyl (C=O) groups excluding carboxylic acids is 1. The largest absolute Gasteiger partial charge is 0.289 e. The summed E-state index contributed by atoms with van der Waals surface area (Å²) in [6, 6.07) is 6.93. The van der Waals surface area contributed by atoms with E-state index >= 15 is 0 Å². The number of nitrogens with zero attached hydrogens (tertiary/aromatic N) is 2. The molecule has 1 aromatic carbocycles. The van der Waals surface area contributed by atoms with Crippen molar-refractivity contribution in [3.63, 3.8) is 0 Å². The van der Waals surface area contributed by atoms with E-state index in [1.165, 1.54) is 4.68 Å². The quantitative estimate of drug-likeness (QED) is 0.371. The van der Waals surface area contributed by atoms with E-state index in [1.807, 2.05) is 0 Å². The third kappa shape index (κ3) is 2.70. The van der Waals surface area contributed by atoms with E-state index in [1.54, 1.807) is 24.3 Å². The molecule has 2 aromatic rings. The number of benzene rings is 1. The molecule has 0 bridgehead atoms. The summed E-state index contributed by atoms with van der Waals surface area (Å²) >= 11 is 0. The Labute approximate surface area is 116 Å². The number of nitrogens with two attached hydrogens (primary N) is 1. The van der Waals surface area contributed by atoms with E-state index in [4.69, 9.17) is 5.84 Å². The molecule has 2 rings (SSSR count). The van der Waals surface area contributed by atoms with Crippen molar-refractivity contribution < 1.29 is 4.79 Å². The van der Waals surface area contributed by atoms with Crippen molar-refractivity contribution in [2.45, 2.75) is 32.7 Å². The molecular formula is C14H18N4O2. The minimum atomic E-state index is -0.495. The van der Waals surface area contributed by atoms with Crippen molar-refractivity contribution in [2.24, 2.45) is 5.84 Å². The maximum atomic E-state index is 12.3. The molecule has 0 fully saturated rings. The zero-order valence-electron chi connectivity index (χ0n) is 11.4. The summed E-state index contributed by atoms with van der Waals surface area (Å²) in [5.41, 5.74) is 2.07. The number of hydrazine groups is 1. The van der Waals surface area contributed by atoms with Gasteiger partial charge in [0, 0.05) is 11.9 Å². The van der Waals surface area contributed by atoms with Crippen LogP contribution in [-0.2, 0) is 6.54 Å². The Bertz CT molecular complexity index is 678. The summed E-state index contributed by atoms with van der Waals surface area (Å²) in [5.74, 6) is 4.68. The first-order valence-electron chi connectivity index (χ1n) is 6.69. The van der Waals surface area contributed by atoms with Gasteiger partial charge in [-0.2, -0.15) is 5.10 Å². The molecule has 20 heavy (non-hydrogen) atoms. The second-order valence-electron chi connectivity index (χ2n) is 4.60. The van der Waals surface area contributed by atoms with E-state index in [9.17, 15) is 9.59 Å². The molecule has 1 heterocycles. The van der Waals surface area contributed by atoms with Gasteiger partial charge in [0.25, 0.3) is 11.5 Å². The minimum absolute atomic E-state index is 0.176. The van der Waals surface area contributed by atoms with Gasteiger partial charge in [0.2, 0.25) is 0 Å². The van der Waals surface area contributed by atoms with Crippen LogP contribution >= 0.6 is 0 Å². The van der Waals surface area contributed by atoms with Crippen LogP contribution in [0.15, 0.2) is 29.1 Å². The Balaban J connectivity index is 2.56. The summed E-state index contributed by atoms with van der Waals surface area (Å²) in [4.78, 5) is 24.1. The van der Waals surface area contributed by atoms with Crippen LogP contribution < -0.4 is 16.8 Å². The molecule has 0 atom stereocenters. The minimum Gasteiger partial charge on any atom is -0.289 e. The van der Waals surface area contributed by atoms with Crippen LogP contribution in [0, 0.1) is 0 Å². The number of nitrogen functional groups attached to an aromatic ring is 1. The zero-order chi connectivity index (χ0) is 14.5. The predicted octanol–water partition coefficient (Wildman–Crippen LogP) is 1.19. The molecule has 0 spiro atoms. The summed E-state index contributed by atoms with van der Waals surface area (Å²) in [5, 5.41) is 5.16. The topological polar surface area (TPSA) is 90.0 Å². The first-order chi connectivity index (χ1) is 9.69. The Kier molecular flexibility index (Phi) is 4.47. The maximum Gasteiger partial charge on any atom is 0.286 e. The van der Waals surface area contributed by atoms with Crippen molar-refractivity contribution >= 4 is 16.7 Å². The molecule has 1 aromatic heterocycles. The lowest BCUT2D eigenvalue weighted by Gasteiger charge is -2.09. The number of amides is 1. The molecule has 0 saturated carbocycles. The van der Waals surface area contributed by atoms with E-state index in [-0.39, 0.29) is 11.3 Å². The number of hydrogen-bond donors (Lipinski definition) is 2. The third-order valence-corrected chi connectivity index (χ3v) is 3.19. The lowest BCUT2D eigenvalue weighted by Crippen LogP contribution is -2.34. The van der Waals surface area contributed by atoms with Crippen LogP contribution in [0.4, 0.5) is 0 Å². The highest BCUT2D eigenvalue weighted by Crippen LogP contribution is 2.13. The van der Waals surface area contributed by atoms with Crippen LogP contribution in [-0.4, -0.2) is 15.7 Å². The standard InChI is InChI=1S/C14H18N4O2/c1-2-3-6-9-18-14(20)11-8-5-4-7-10(11)12(17-18)13(19)16-15/h4-5,7-8H,2-3,6,9,15H2,1H3,(H,16,19). The lowest BCUT2D eigenvalue weighted by atomic mass is 10.1. The van der Waals surface area contributed by atoms with E-state index in [0.717, 1.165) is 19.3 Å². The van der Waals surface area contributed by atoms with Crippen LogP contribution in [0.5, 0.6) is 0 Å². The van der Waals surface area contributed by atoms with Crippen molar-refractivity contribution in [1.82, 2.24) is 15.2 Å². The zero-order valence-corrected chi connectivity index (χ0v) is 11.4. The predicted molar refractivity (Wildman–Crippen MR) is 77.2 cm³/mol. The third-order valence-electron chi connectivity index (χ3n) is 3.19. The lowest BCUT2D eigenvalue weighted by molar-refractivity contribution is 0.0948. The number of unbranched alkanes of at least 4 members (excludes halogenated alkanes) is 2. The number of carbonyl (C=O) groups is 1. The molecular weight excluding hydrogens is 256 g/mol. The van der Waals surface area contributed by atoms with E-state index in [0.29, 0.717) is 17.3 Å². The summed E-state index contributed by atoms with van der Waals surface area (Å²) in [6.45, 7) is 2.59. The van der Waals surface area contributed by atoms with Crippen molar-refractivity contribution in [1.29, 1.82) is 0 Å². The number of hydrogen-bond acceptors (Lipinski definition) is 4. The fraction of sp³-hybridized carbons (Fsp3) is 0.357. The van der Waals surface area contributed by atoms with Gasteiger partial charge in [-0.25, -0.2) is 10.5 Å². The maximum absolute atomic E-state index is 12.3. The molecule has 0 aliphatic carbocycles. The highest BCUT2D eigenvalue weighted by molar-refractivity contribution is 6.04. The highest BCUT2D eigenvalue weighted by atomic mass is 16.2. The van der Waals surface area contributed by atoms with Crippen molar-refractivity contribution in [2.75, 3.05) is 0 Å². The second-order valence-corrected chi connectivity index (χ2v) is 4.60. The van der Waals surface area contributed by atoms with Gasteiger partial charge in [0.15, 0.2) is 5.69 Å². The highest BCUT2D eigenvalue weighted by Gasteiger charge is 2.15. The monoisotopic (exact) mass is 274 g/mol. The van der Waals surface area contributed by atoms with Gasteiger partial charge in [-0.1, -0.05) is 38.0 Å². The molecule has 0 radical (unpaired) electrons. The molecule has 6 heteroatoms. The van der Waals surface area contributed by atoms with Gasteiger partial charge in [-0.05, 0) is 12.5 Å². The molecule has 1 amide bonds. The van der Waals surface area contributed by atoms with Crippen LogP contribution in [0.1, 0.15) is 36.7 Å². The molecule has 6 nitrogen and oxygen atoms in total. The van der Waals surface area contributed by atoms with Crippen molar-refractivity contribution in [3.05, 3.63) is 40.3 Å². The fourth-order valence-corrected chi connectivity index (χ4v) is 2.13. The fourth-order valence-electron chi connectivity index (χ4n) is 2.13. The first kappa shape index (κ1) is 14.2. The number of fused-ring (bicyclic) bond motifs is 1. The Hall–Kier alpha value is -2.21. The number of aryl methyl sites for hydroxylation is 1. The van der Waals surface area contributed by atoms with Gasteiger partial charge in [0.1, 0.15) is 0 Å². The van der Waals surface area contributed by atoms with Gasteiger partial charge in [-0.15, -0.1) is 0 Å². The summed E-state index contributed by atoms with van der Waals surface area (Å²) < 4.78 is 1.35. The van der Waals surface area contributed by atoms with E-state index in [2.05, 4.69) is 17.4 Å². The number of rotatable bonds is 5. The Morgan fingerprint density at radius 2 is 2.00 bits per heavy atom. The van der Waals surface area contributed by atoms with Gasteiger partial charge >= 0.3 is 0 Å². The average Bonchev–Trinajstić information content (AvgIpc) is 2.49. The molecule has 0 aliphatic rings. The van der Waals surface area contributed by atoms with Gasteiger partial charge < -0.3 is 0 Å². The number of aromatic nitrogens is 2. The first-order valence-corrected chi connectivity index (χ1v) is 6.69. The van der Waals surface area contributed by atoms with Crippen LogP contribution in [0.2, 0.25) is 0 Å². The molecule has 106 valence electrons. The SMILES string of the molecule is CCCCCn1nc(C(=O)NN)c2ccccc2c1=O. The van der Waals surface area contributed by atoms with Crippen molar-refractivity contribution in [3.8, 4) is 0 Å². The van der Waals surface area contributed by atoms with Gasteiger partial charge in [0.05, 0.1) is 5.39 Å². The van der Waals surface area contributed by atoms with E-state index < -0.39 is 5.91 Å².